The van der Waals surface area contributed by atoms with Crippen molar-refractivity contribution < 1.29 is 19.1 Å². The van der Waals surface area contributed by atoms with E-state index in [1.54, 1.807) is 13.2 Å². The van der Waals surface area contributed by atoms with Gasteiger partial charge in [-0.25, -0.2) is 0 Å². The molecular formula is C24H24N2O4S. The smallest absolute Gasteiger partial charge is 0.235 e. The molecule has 1 aromatic carbocycles. The van der Waals surface area contributed by atoms with Gasteiger partial charge < -0.3 is 9.64 Å². The molecule has 0 radical (unpaired) electrons. The van der Waals surface area contributed by atoms with Gasteiger partial charge in [0.1, 0.15) is 6.04 Å². The molecule has 0 saturated carbocycles. The molecule has 4 heterocycles. The van der Waals surface area contributed by atoms with E-state index in [0.717, 1.165) is 22.4 Å². The second-order valence-electron chi connectivity index (χ2n) is 8.43. The van der Waals surface area contributed by atoms with Crippen LogP contribution in [0.15, 0.2) is 41.8 Å². The summed E-state index contributed by atoms with van der Waals surface area (Å²) in [7, 11) is 1.54. The van der Waals surface area contributed by atoms with Crippen LogP contribution in [-0.4, -0.2) is 54.8 Å². The SMILES string of the molecule is COCCN1C(=O)[C@@H]2[C@H](C1=O)[C@H](C(=O)c1cccs1)N1c3ccc(C)cc3C(C)=C[C@@H]21. The lowest BCUT2D eigenvalue weighted by atomic mass is 9.86. The molecule has 2 aromatic rings. The number of likely N-dealkylation sites (tertiary alicyclic amines) is 1. The number of thiophene rings is 1. The first kappa shape index (κ1) is 20.2. The van der Waals surface area contributed by atoms with Crippen molar-refractivity contribution in [3.63, 3.8) is 0 Å². The van der Waals surface area contributed by atoms with Crippen LogP contribution in [0.5, 0.6) is 0 Å². The number of benzene rings is 1. The predicted octanol–water partition coefficient (Wildman–Crippen LogP) is 3.16. The molecule has 0 bridgehead atoms. The van der Waals surface area contributed by atoms with Gasteiger partial charge in [-0.1, -0.05) is 23.8 Å². The van der Waals surface area contributed by atoms with Crippen LogP contribution in [-0.2, 0) is 14.3 Å². The van der Waals surface area contributed by atoms with E-state index < -0.39 is 17.9 Å². The number of allylic oxidation sites excluding steroid dienone is 1. The van der Waals surface area contributed by atoms with Gasteiger partial charge in [0.25, 0.3) is 0 Å². The molecule has 0 spiro atoms. The highest BCUT2D eigenvalue weighted by Gasteiger charge is 2.64. The Kier molecular flexibility index (Phi) is 4.83. The van der Waals surface area contributed by atoms with Crippen LogP contribution in [0.1, 0.15) is 27.7 Å². The van der Waals surface area contributed by atoms with Crippen LogP contribution in [0.3, 0.4) is 0 Å². The second kappa shape index (κ2) is 7.43. The number of nitrogens with zero attached hydrogens (tertiary/aromatic N) is 2. The number of fused-ring (bicyclic) bond motifs is 5. The summed E-state index contributed by atoms with van der Waals surface area (Å²) in [4.78, 5) is 44.4. The van der Waals surface area contributed by atoms with E-state index in [0.29, 0.717) is 4.88 Å². The van der Waals surface area contributed by atoms with Crippen LogP contribution in [0.2, 0.25) is 0 Å². The van der Waals surface area contributed by atoms with E-state index in [4.69, 9.17) is 4.74 Å². The average Bonchev–Trinajstić information content (AvgIpc) is 3.44. The third-order valence-electron chi connectivity index (χ3n) is 6.65. The number of rotatable bonds is 5. The van der Waals surface area contributed by atoms with Gasteiger partial charge in [0.05, 0.1) is 35.9 Å². The fraction of sp³-hybridized carbons (Fsp3) is 0.375. The monoisotopic (exact) mass is 436 g/mol. The van der Waals surface area contributed by atoms with Gasteiger partial charge in [0, 0.05) is 18.4 Å². The predicted molar refractivity (Wildman–Crippen MR) is 119 cm³/mol. The van der Waals surface area contributed by atoms with Crippen LogP contribution >= 0.6 is 11.3 Å². The number of ketones is 1. The van der Waals surface area contributed by atoms with Crippen molar-refractivity contribution >= 4 is 40.2 Å². The third kappa shape index (κ3) is 2.91. The number of methoxy groups -OCH3 is 1. The minimum atomic E-state index is -0.705. The number of amides is 2. The molecule has 0 N–H and O–H groups in total. The summed E-state index contributed by atoms with van der Waals surface area (Å²) < 4.78 is 5.10. The zero-order valence-corrected chi connectivity index (χ0v) is 18.5. The van der Waals surface area contributed by atoms with E-state index in [9.17, 15) is 14.4 Å². The maximum Gasteiger partial charge on any atom is 0.235 e. The Hall–Kier alpha value is -2.77. The lowest BCUT2D eigenvalue weighted by molar-refractivity contribution is -0.141. The minimum Gasteiger partial charge on any atom is -0.383 e. The van der Waals surface area contributed by atoms with Crippen LogP contribution in [0.25, 0.3) is 5.57 Å². The highest BCUT2D eigenvalue weighted by Crippen LogP contribution is 2.50. The Morgan fingerprint density at radius 3 is 2.61 bits per heavy atom. The maximum atomic E-state index is 13.7. The van der Waals surface area contributed by atoms with E-state index in [1.165, 1.54) is 16.2 Å². The topological polar surface area (TPSA) is 66.9 Å². The molecule has 4 atom stereocenters. The molecule has 160 valence electrons. The van der Waals surface area contributed by atoms with Crippen molar-refractivity contribution in [1.82, 2.24) is 4.90 Å². The molecule has 3 aliphatic heterocycles. The number of ether oxygens (including phenoxy) is 1. The molecule has 0 aliphatic carbocycles. The number of imide groups is 1. The number of hydrogen-bond acceptors (Lipinski definition) is 6. The normalized spacial score (nSPS) is 26.6. The Morgan fingerprint density at radius 1 is 1.13 bits per heavy atom. The van der Waals surface area contributed by atoms with Gasteiger partial charge in [-0.2, -0.15) is 0 Å². The standard InChI is InChI=1S/C24H24N2O4S/c1-13-6-7-16-15(11-13)14(2)12-17-19-20(24(29)25(23(19)28)8-9-30-3)21(26(16)17)22(27)18-5-4-10-31-18/h4-7,10-12,17,19-21H,8-9H2,1-3H3/t17-,19-,20-,21+/m0/s1. The van der Waals surface area contributed by atoms with Gasteiger partial charge >= 0.3 is 0 Å². The lowest BCUT2D eigenvalue weighted by Crippen LogP contribution is -2.49. The van der Waals surface area contributed by atoms with E-state index in [-0.39, 0.29) is 36.8 Å². The largest absolute Gasteiger partial charge is 0.383 e. The highest BCUT2D eigenvalue weighted by molar-refractivity contribution is 7.12. The summed E-state index contributed by atoms with van der Waals surface area (Å²) in [5, 5.41) is 1.86. The van der Waals surface area contributed by atoms with Crippen molar-refractivity contribution in [2.24, 2.45) is 11.8 Å². The molecule has 3 aliphatic rings. The number of aryl methyl sites for hydroxylation is 1. The molecule has 2 amide bonds. The molecule has 5 rings (SSSR count). The fourth-order valence-corrected chi connectivity index (χ4v) is 5.98. The third-order valence-corrected chi connectivity index (χ3v) is 7.53. The van der Waals surface area contributed by atoms with E-state index in [2.05, 4.69) is 12.1 Å². The first-order valence-electron chi connectivity index (χ1n) is 10.4. The number of Topliss-reactive ketones (excluding diaryl/α,β-unsaturated/α-hetero) is 1. The summed E-state index contributed by atoms with van der Waals surface area (Å²) >= 11 is 1.37. The van der Waals surface area contributed by atoms with Crippen LogP contribution in [0, 0.1) is 18.8 Å². The zero-order chi connectivity index (χ0) is 21.9. The van der Waals surface area contributed by atoms with Gasteiger partial charge in [-0.05, 0) is 43.0 Å². The molecule has 6 nitrogen and oxygen atoms in total. The quantitative estimate of drug-likeness (QED) is 0.532. The van der Waals surface area contributed by atoms with Crippen LogP contribution < -0.4 is 4.90 Å². The average molecular weight is 437 g/mol. The van der Waals surface area contributed by atoms with E-state index >= 15 is 0 Å². The fourth-order valence-electron chi connectivity index (χ4n) is 5.29. The molecule has 31 heavy (non-hydrogen) atoms. The van der Waals surface area contributed by atoms with Crippen molar-refractivity contribution in [2.45, 2.75) is 25.9 Å². The first-order chi connectivity index (χ1) is 14.9. The number of anilines is 1. The minimum absolute atomic E-state index is 0.0956. The van der Waals surface area contributed by atoms with Crippen LogP contribution in [0.4, 0.5) is 5.69 Å². The number of hydrogen-bond donors (Lipinski definition) is 0. The Balaban J connectivity index is 1.66. The van der Waals surface area contributed by atoms with Gasteiger partial charge in [0.15, 0.2) is 5.78 Å². The van der Waals surface area contributed by atoms with E-state index in [1.807, 2.05) is 42.3 Å². The summed E-state index contributed by atoms with van der Waals surface area (Å²) in [5.41, 5.74) is 4.17. The molecular weight excluding hydrogens is 412 g/mol. The lowest BCUT2D eigenvalue weighted by Gasteiger charge is -2.38. The summed E-state index contributed by atoms with van der Waals surface area (Å²) in [6.07, 6.45) is 2.06. The zero-order valence-electron chi connectivity index (χ0n) is 17.7. The Labute approximate surface area is 185 Å². The maximum absolute atomic E-state index is 13.7. The second-order valence-corrected chi connectivity index (χ2v) is 9.37. The first-order valence-corrected chi connectivity index (χ1v) is 11.3. The van der Waals surface area contributed by atoms with Crippen molar-refractivity contribution in [3.05, 3.63) is 57.8 Å². The van der Waals surface area contributed by atoms with Crippen molar-refractivity contribution in [1.29, 1.82) is 0 Å². The molecule has 2 fully saturated rings. The Morgan fingerprint density at radius 2 is 1.90 bits per heavy atom. The number of carbonyl (C=O) groups excluding carboxylic acids is 3. The van der Waals surface area contributed by atoms with Gasteiger partial charge in [0.2, 0.25) is 11.8 Å². The molecule has 7 heteroatoms. The molecule has 2 saturated heterocycles. The van der Waals surface area contributed by atoms with Crippen molar-refractivity contribution in [3.8, 4) is 0 Å². The summed E-state index contributed by atoms with van der Waals surface area (Å²) in [6, 6.07) is 8.74. The number of carbonyl (C=O) groups is 3. The van der Waals surface area contributed by atoms with Crippen molar-refractivity contribution in [2.75, 3.05) is 25.2 Å². The highest BCUT2D eigenvalue weighted by atomic mass is 32.1. The molecule has 0 unspecified atom stereocenters. The van der Waals surface area contributed by atoms with Gasteiger partial charge in [-0.15, -0.1) is 11.3 Å². The Bertz CT molecular complexity index is 1110. The summed E-state index contributed by atoms with van der Waals surface area (Å²) in [5.74, 6) is -1.83. The van der Waals surface area contributed by atoms with Gasteiger partial charge in [-0.3, -0.25) is 19.3 Å². The molecule has 1 aromatic heterocycles. The summed E-state index contributed by atoms with van der Waals surface area (Å²) in [6.45, 7) is 4.56.